The van der Waals surface area contributed by atoms with Gasteiger partial charge in [-0.2, -0.15) is 0 Å². The van der Waals surface area contributed by atoms with E-state index in [0.29, 0.717) is 0 Å². The summed E-state index contributed by atoms with van der Waals surface area (Å²) in [4.78, 5) is 7.98. The number of rotatable bonds is 1. The first-order valence-corrected chi connectivity index (χ1v) is 4.83. The molecule has 0 bridgehead atoms. The summed E-state index contributed by atoms with van der Waals surface area (Å²) in [6, 6.07) is 5.33. The van der Waals surface area contributed by atoms with E-state index in [1.807, 2.05) is 19.1 Å². The summed E-state index contributed by atoms with van der Waals surface area (Å²) in [5.74, 6) is -0.00548. The highest BCUT2D eigenvalue weighted by molar-refractivity contribution is 6.30. The zero-order chi connectivity index (χ0) is 10.8. The van der Waals surface area contributed by atoms with Crippen LogP contribution in [0.4, 0.5) is 0 Å². The molecule has 2 heterocycles. The summed E-state index contributed by atoms with van der Waals surface area (Å²) in [7, 11) is 0. The van der Waals surface area contributed by atoms with Crippen LogP contribution in [0.2, 0.25) is 5.15 Å². The highest BCUT2D eigenvalue weighted by Gasteiger charge is 2.07. The van der Waals surface area contributed by atoms with Crippen LogP contribution in [0.5, 0.6) is 5.75 Å². The van der Waals surface area contributed by atoms with E-state index in [0.717, 1.165) is 16.8 Å². The second-order valence-electron chi connectivity index (χ2n) is 3.17. The Morgan fingerprint density at radius 3 is 2.60 bits per heavy atom. The van der Waals surface area contributed by atoms with Crippen molar-refractivity contribution in [1.29, 1.82) is 0 Å². The van der Waals surface area contributed by atoms with Crippen LogP contribution in [-0.2, 0) is 0 Å². The fraction of sp³-hybridized carbons (Fsp3) is 0.0909. The molecule has 3 nitrogen and oxygen atoms in total. The Balaban J connectivity index is 2.59. The molecule has 0 atom stereocenters. The average molecular weight is 221 g/mol. The zero-order valence-corrected chi connectivity index (χ0v) is 8.86. The first-order valence-electron chi connectivity index (χ1n) is 4.45. The van der Waals surface area contributed by atoms with Crippen LogP contribution in [0.15, 0.2) is 30.6 Å². The second-order valence-corrected chi connectivity index (χ2v) is 3.53. The van der Waals surface area contributed by atoms with E-state index in [2.05, 4.69) is 9.97 Å². The minimum atomic E-state index is -0.00548. The highest BCUT2D eigenvalue weighted by Crippen LogP contribution is 2.29. The summed E-state index contributed by atoms with van der Waals surface area (Å²) in [6.45, 7) is 1.85. The molecule has 1 N–H and O–H groups in total. The molecule has 0 spiro atoms. The van der Waals surface area contributed by atoms with Gasteiger partial charge in [0.2, 0.25) is 0 Å². The van der Waals surface area contributed by atoms with Crippen molar-refractivity contribution >= 4 is 11.6 Å². The Labute approximate surface area is 92.4 Å². The topological polar surface area (TPSA) is 46.0 Å². The van der Waals surface area contributed by atoms with Crippen molar-refractivity contribution in [2.45, 2.75) is 6.92 Å². The molecule has 0 saturated carbocycles. The Morgan fingerprint density at radius 1 is 1.27 bits per heavy atom. The molecule has 0 radical (unpaired) electrons. The first-order chi connectivity index (χ1) is 7.18. The monoisotopic (exact) mass is 220 g/mol. The zero-order valence-electron chi connectivity index (χ0n) is 8.11. The van der Waals surface area contributed by atoms with E-state index in [9.17, 15) is 5.11 Å². The van der Waals surface area contributed by atoms with Crippen molar-refractivity contribution in [2.75, 3.05) is 0 Å². The fourth-order valence-electron chi connectivity index (χ4n) is 1.39. The molecular weight excluding hydrogens is 212 g/mol. The van der Waals surface area contributed by atoms with Gasteiger partial charge in [0.25, 0.3) is 0 Å². The minimum Gasteiger partial charge on any atom is -0.505 e. The average Bonchev–Trinajstić information content (AvgIpc) is 2.25. The number of aromatic nitrogens is 2. The van der Waals surface area contributed by atoms with Crippen LogP contribution in [0, 0.1) is 6.92 Å². The van der Waals surface area contributed by atoms with Crippen LogP contribution in [0.3, 0.4) is 0 Å². The fourth-order valence-corrected chi connectivity index (χ4v) is 1.57. The van der Waals surface area contributed by atoms with Gasteiger partial charge in [0.15, 0.2) is 10.9 Å². The summed E-state index contributed by atoms with van der Waals surface area (Å²) in [5, 5.41) is 9.61. The number of aromatic hydroxyl groups is 1. The van der Waals surface area contributed by atoms with Gasteiger partial charge in [-0.15, -0.1) is 0 Å². The van der Waals surface area contributed by atoms with Crippen molar-refractivity contribution in [2.24, 2.45) is 0 Å². The number of aryl methyl sites for hydroxylation is 1. The molecule has 0 aliphatic carbocycles. The maximum atomic E-state index is 9.48. The van der Waals surface area contributed by atoms with Gasteiger partial charge in [-0.05, 0) is 30.7 Å². The third-order valence-corrected chi connectivity index (χ3v) is 2.42. The Morgan fingerprint density at radius 2 is 1.93 bits per heavy atom. The van der Waals surface area contributed by atoms with Gasteiger partial charge < -0.3 is 5.11 Å². The predicted molar refractivity (Wildman–Crippen MR) is 58.9 cm³/mol. The maximum Gasteiger partial charge on any atom is 0.171 e. The van der Waals surface area contributed by atoms with Crippen LogP contribution in [0.1, 0.15) is 5.69 Å². The molecule has 0 aliphatic heterocycles. The molecule has 2 rings (SSSR count). The summed E-state index contributed by atoms with van der Waals surface area (Å²) < 4.78 is 0. The molecule has 0 aromatic carbocycles. The summed E-state index contributed by atoms with van der Waals surface area (Å²) >= 11 is 5.70. The van der Waals surface area contributed by atoms with Gasteiger partial charge in [-0.25, -0.2) is 4.98 Å². The van der Waals surface area contributed by atoms with Crippen LogP contribution in [0.25, 0.3) is 11.1 Å². The molecular formula is C11H9ClN2O. The normalized spacial score (nSPS) is 10.3. The number of hydrogen-bond donors (Lipinski definition) is 1. The number of hydrogen-bond acceptors (Lipinski definition) is 3. The van der Waals surface area contributed by atoms with Gasteiger partial charge >= 0.3 is 0 Å². The molecule has 4 heteroatoms. The lowest BCUT2D eigenvalue weighted by Gasteiger charge is -2.06. The maximum absolute atomic E-state index is 9.48. The third-order valence-electron chi connectivity index (χ3n) is 2.14. The Hall–Kier alpha value is -1.61. The van der Waals surface area contributed by atoms with Crippen molar-refractivity contribution in [3.05, 3.63) is 41.4 Å². The first kappa shape index (κ1) is 9.93. The van der Waals surface area contributed by atoms with Crippen molar-refractivity contribution in [3.8, 4) is 16.9 Å². The molecule has 0 amide bonds. The lowest BCUT2D eigenvalue weighted by atomic mass is 10.1. The number of nitrogens with zero attached hydrogens (tertiary/aromatic N) is 2. The van der Waals surface area contributed by atoms with Gasteiger partial charge in [0.05, 0.1) is 0 Å². The Bertz CT molecular complexity index is 485. The largest absolute Gasteiger partial charge is 0.505 e. The Kier molecular flexibility index (Phi) is 2.56. The summed E-state index contributed by atoms with van der Waals surface area (Å²) in [6.07, 6.45) is 3.39. The van der Waals surface area contributed by atoms with Crippen molar-refractivity contribution < 1.29 is 5.11 Å². The SMILES string of the molecule is Cc1nc(Cl)c(O)cc1-c1ccncc1. The molecule has 0 fully saturated rings. The smallest absolute Gasteiger partial charge is 0.171 e. The lowest BCUT2D eigenvalue weighted by molar-refractivity contribution is 0.473. The summed E-state index contributed by atoms with van der Waals surface area (Å²) in [5.41, 5.74) is 2.60. The molecule has 0 unspecified atom stereocenters. The van der Waals surface area contributed by atoms with Gasteiger partial charge in [0, 0.05) is 23.7 Å². The highest BCUT2D eigenvalue weighted by atomic mass is 35.5. The van der Waals surface area contributed by atoms with Crippen LogP contribution >= 0.6 is 11.6 Å². The number of pyridine rings is 2. The standard InChI is InChI=1S/C11H9ClN2O/c1-7-9(6-10(15)11(12)14-7)8-2-4-13-5-3-8/h2-6,15H,1H3. The third kappa shape index (κ3) is 1.92. The van der Waals surface area contributed by atoms with Crippen molar-refractivity contribution in [1.82, 2.24) is 9.97 Å². The van der Waals surface area contributed by atoms with Gasteiger partial charge in [0.1, 0.15) is 0 Å². The van der Waals surface area contributed by atoms with E-state index < -0.39 is 0 Å². The molecule has 0 aliphatic rings. The molecule has 76 valence electrons. The predicted octanol–water partition coefficient (Wildman–Crippen LogP) is 2.81. The second kappa shape index (κ2) is 3.87. The molecule has 2 aromatic rings. The van der Waals surface area contributed by atoms with Gasteiger partial charge in [-0.3, -0.25) is 4.98 Å². The van der Waals surface area contributed by atoms with Crippen LogP contribution < -0.4 is 0 Å². The van der Waals surface area contributed by atoms with E-state index in [1.165, 1.54) is 0 Å². The van der Waals surface area contributed by atoms with E-state index in [1.54, 1.807) is 18.5 Å². The molecule has 2 aromatic heterocycles. The molecule has 0 saturated heterocycles. The van der Waals surface area contributed by atoms with E-state index in [4.69, 9.17) is 11.6 Å². The minimum absolute atomic E-state index is 0.00548. The van der Waals surface area contributed by atoms with Gasteiger partial charge in [-0.1, -0.05) is 11.6 Å². The quantitative estimate of drug-likeness (QED) is 0.752. The van der Waals surface area contributed by atoms with Crippen molar-refractivity contribution in [3.63, 3.8) is 0 Å². The van der Waals surface area contributed by atoms with E-state index >= 15 is 0 Å². The molecule has 15 heavy (non-hydrogen) atoms. The number of halogens is 1. The van der Waals surface area contributed by atoms with E-state index in [-0.39, 0.29) is 10.9 Å². The lowest BCUT2D eigenvalue weighted by Crippen LogP contribution is -1.89. The van der Waals surface area contributed by atoms with Crippen LogP contribution in [-0.4, -0.2) is 15.1 Å².